The van der Waals surface area contributed by atoms with Crippen LogP contribution in [0.5, 0.6) is 0 Å². The van der Waals surface area contributed by atoms with Gasteiger partial charge in [0.25, 0.3) is 0 Å². The van der Waals surface area contributed by atoms with Gasteiger partial charge in [0.1, 0.15) is 0 Å². The van der Waals surface area contributed by atoms with Crippen molar-refractivity contribution in [2.75, 3.05) is 13.1 Å². The Morgan fingerprint density at radius 1 is 1.08 bits per heavy atom. The van der Waals surface area contributed by atoms with Gasteiger partial charge in [-0.2, -0.15) is 0 Å². The Hall–Kier alpha value is -2.24. The van der Waals surface area contributed by atoms with Crippen molar-refractivity contribution in [3.05, 3.63) is 65.5 Å². The van der Waals surface area contributed by atoms with Crippen LogP contribution in [0.15, 0.2) is 48.7 Å². The predicted octanol–water partition coefficient (Wildman–Crippen LogP) is 2.87. The van der Waals surface area contributed by atoms with Crippen LogP contribution in [0.2, 0.25) is 0 Å². The number of nitrogens with zero attached hydrogens (tertiary/aromatic N) is 3. The molecule has 2 atom stereocenters. The first-order chi connectivity index (χ1) is 12.0. The number of carbonyl (C=O) groups is 1. The number of pyridine rings is 1. The second-order valence-electron chi connectivity index (χ2n) is 6.89. The van der Waals surface area contributed by atoms with Crippen molar-refractivity contribution in [1.82, 2.24) is 14.8 Å². The topological polar surface area (TPSA) is 56.7 Å². The van der Waals surface area contributed by atoms with Gasteiger partial charge in [-0.15, -0.1) is 0 Å². The fraction of sp³-hybridized carbons (Fsp3) is 0.400. The van der Waals surface area contributed by atoms with Gasteiger partial charge in [-0.3, -0.25) is 14.8 Å². The van der Waals surface area contributed by atoms with E-state index in [0.29, 0.717) is 12.1 Å². The molecule has 3 rings (SSSR count). The van der Waals surface area contributed by atoms with Crippen LogP contribution >= 0.6 is 0 Å². The number of aromatic carboxylic acids is 1. The van der Waals surface area contributed by atoms with Gasteiger partial charge in [0.2, 0.25) is 0 Å². The third-order valence-corrected chi connectivity index (χ3v) is 4.84. The van der Waals surface area contributed by atoms with Gasteiger partial charge >= 0.3 is 5.97 Å². The zero-order valence-electron chi connectivity index (χ0n) is 14.8. The summed E-state index contributed by atoms with van der Waals surface area (Å²) >= 11 is 0. The molecular formula is C20H25N3O2. The van der Waals surface area contributed by atoms with Gasteiger partial charge in [0, 0.05) is 44.5 Å². The van der Waals surface area contributed by atoms with E-state index < -0.39 is 5.97 Å². The molecule has 5 heteroatoms. The van der Waals surface area contributed by atoms with Crippen molar-refractivity contribution in [2.24, 2.45) is 0 Å². The molecule has 0 spiro atoms. The van der Waals surface area contributed by atoms with Crippen LogP contribution in [0.25, 0.3) is 0 Å². The lowest BCUT2D eigenvalue weighted by molar-refractivity contribution is 0.0281. The van der Waals surface area contributed by atoms with Crippen molar-refractivity contribution >= 4 is 5.97 Å². The van der Waals surface area contributed by atoms with E-state index in [-0.39, 0.29) is 5.56 Å². The van der Waals surface area contributed by atoms with Crippen LogP contribution in [0.4, 0.5) is 0 Å². The lowest BCUT2D eigenvalue weighted by atomic mass is 10.1. The van der Waals surface area contributed by atoms with Crippen LogP contribution < -0.4 is 0 Å². The summed E-state index contributed by atoms with van der Waals surface area (Å²) in [6.07, 6.45) is 1.44. The molecule has 1 fully saturated rings. The van der Waals surface area contributed by atoms with Crippen LogP contribution in [-0.2, 0) is 13.1 Å². The van der Waals surface area contributed by atoms with E-state index in [9.17, 15) is 4.79 Å². The zero-order chi connectivity index (χ0) is 17.8. The summed E-state index contributed by atoms with van der Waals surface area (Å²) in [5.74, 6) is -0.935. The summed E-state index contributed by atoms with van der Waals surface area (Å²) in [7, 11) is 0. The molecular weight excluding hydrogens is 314 g/mol. The first-order valence-electron chi connectivity index (χ1n) is 8.73. The monoisotopic (exact) mass is 339 g/mol. The maximum atomic E-state index is 10.9. The summed E-state index contributed by atoms with van der Waals surface area (Å²) < 4.78 is 0. The third kappa shape index (κ3) is 4.44. The lowest BCUT2D eigenvalue weighted by Crippen LogP contribution is -2.55. The Kier molecular flexibility index (Phi) is 5.46. The van der Waals surface area contributed by atoms with Gasteiger partial charge in [0.15, 0.2) is 0 Å². The number of aromatic nitrogens is 1. The number of rotatable bonds is 5. The van der Waals surface area contributed by atoms with Crippen molar-refractivity contribution in [2.45, 2.75) is 39.0 Å². The molecule has 132 valence electrons. The van der Waals surface area contributed by atoms with Crippen molar-refractivity contribution in [3.8, 4) is 0 Å². The Balaban J connectivity index is 1.61. The number of carboxylic acids is 1. The fourth-order valence-electron chi connectivity index (χ4n) is 3.58. The van der Waals surface area contributed by atoms with Gasteiger partial charge in [0.05, 0.1) is 11.3 Å². The Morgan fingerprint density at radius 3 is 2.32 bits per heavy atom. The second kappa shape index (κ2) is 7.76. The highest BCUT2D eigenvalue weighted by Gasteiger charge is 2.29. The van der Waals surface area contributed by atoms with E-state index in [1.165, 1.54) is 11.8 Å². The number of carboxylic acid groups (broad SMARTS) is 1. The molecule has 1 aliphatic rings. The van der Waals surface area contributed by atoms with E-state index >= 15 is 0 Å². The maximum Gasteiger partial charge on any atom is 0.337 e. The average Bonchev–Trinajstić information content (AvgIpc) is 2.59. The van der Waals surface area contributed by atoms with Gasteiger partial charge in [-0.05, 0) is 31.5 Å². The van der Waals surface area contributed by atoms with E-state index in [1.54, 1.807) is 6.07 Å². The molecule has 25 heavy (non-hydrogen) atoms. The Bertz CT molecular complexity index is 691. The van der Waals surface area contributed by atoms with Gasteiger partial charge in [-0.25, -0.2) is 4.79 Å². The van der Waals surface area contributed by atoms with Gasteiger partial charge in [-0.1, -0.05) is 30.3 Å². The number of benzene rings is 1. The minimum Gasteiger partial charge on any atom is -0.478 e. The second-order valence-corrected chi connectivity index (χ2v) is 6.89. The molecule has 0 unspecified atom stereocenters. The number of hydrogen-bond acceptors (Lipinski definition) is 4. The van der Waals surface area contributed by atoms with Crippen molar-refractivity contribution in [3.63, 3.8) is 0 Å². The molecule has 0 bridgehead atoms. The molecule has 0 radical (unpaired) electrons. The quantitative estimate of drug-likeness (QED) is 0.908. The summed E-state index contributed by atoms with van der Waals surface area (Å²) in [5, 5.41) is 8.98. The van der Waals surface area contributed by atoms with Crippen molar-refractivity contribution < 1.29 is 9.90 Å². The Morgan fingerprint density at radius 2 is 1.76 bits per heavy atom. The van der Waals surface area contributed by atoms with Crippen LogP contribution in [0, 0.1) is 0 Å². The maximum absolute atomic E-state index is 10.9. The van der Waals surface area contributed by atoms with Crippen molar-refractivity contribution in [1.29, 1.82) is 0 Å². The normalized spacial score (nSPS) is 22.0. The molecule has 0 aliphatic carbocycles. The average molecular weight is 339 g/mol. The first kappa shape index (κ1) is 17.6. The smallest absolute Gasteiger partial charge is 0.337 e. The lowest BCUT2D eigenvalue weighted by Gasteiger charge is -2.44. The molecule has 1 N–H and O–H groups in total. The summed E-state index contributed by atoms with van der Waals surface area (Å²) in [4.78, 5) is 20.2. The first-order valence-corrected chi connectivity index (χ1v) is 8.73. The van der Waals surface area contributed by atoms with E-state index in [2.05, 4.69) is 59.0 Å². The van der Waals surface area contributed by atoms with E-state index in [4.69, 9.17) is 5.11 Å². The molecule has 1 saturated heterocycles. The molecule has 0 amide bonds. The highest BCUT2D eigenvalue weighted by Crippen LogP contribution is 2.20. The highest BCUT2D eigenvalue weighted by molar-refractivity contribution is 5.87. The molecule has 5 nitrogen and oxygen atoms in total. The minimum absolute atomic E-state index is 0.234. The summed E-state index contributed by atoms with van der Waals surface area (Å²) in [6.45, 7) is 8.27. The minimum atomic E-state index is -0.935. The van der Waals surface area contributed by atoms with Crippen LogP contribution in [-0.4, -0.2) is 51.0 Å². The number of hydrogen-bond donors (Lipinski definition) is 1. The van der Waals surface area contributed by atoms with E-state index in [1.807, 2.05) is 6.07 Å². The third-order valence-electron chi connectivity index (χ3n) is 4.84. The van der Waals surface area contributed by atoms with Crippen LogP contribution in [0.3, 0.4) is 0 Å². The molecule has 1 aromatic carbocycles. The summed E-state index contributed by atoms with van der Waals surface area (Å²) in [5.41, 5.74) is 2.50. The molecule has 2 aromatic rings. The van der Waals surface area contributed by atoms with Gasteiger partial charge < -0.3 is 5.11 Å². The molecule has 1 aromatic heterocycles. The molecule has 2 heterocycles. The van der Waals surface area contributed by atoms with E-state index in [0.717, 1.165) is 31.9 Å². The highest BCUT2D eigenvalue weighted by atomic mass is 16.4. The number of piperazine rings is 1. The zero-order valence-corrected chi connectivity index (χ0v) is 14.8. The SMILES string of the molecule is C[C@@H]1CN(Cc2ccccc2)C[C@H](C)N1Cc1ccc(C(=O)O)cn1. The Labute approximate surface area is 148 Å². The largest absolute Gasteiger partial charge is 0.478 e. The predicted molar refractivity (Wildman–Crippen MR) is 97.4 cm³/mol. The fourth-order valence-corrected chi connectivity index (χ4v) is 3.58. The molecule has 0 saturated carbocycles. The standard InChI is InChI=1S/C20H25N3O2/c1-15-11-22(13-17-6-4-3-5-7-17)12-16(2)23(15)14-19-9-8-18(10-21-19)20(24)25/h3-10,15-16H,11-14H2,1-2H3,(H,24,25)/t15-,16+. The summed E-state index contributed by atoms with van der Waals surface area (Å²) in [6, 6.07) is 14.9. The van der Waals surface area contributed by atoms with Crippen LogP contribution in [0.1, 0.15) is 35.5 Å². The molecule has 1 aliphatic heterocycles.